The molecule has 33 heavy (non-hydrogen) atoms. The minimum Gasteiger partial charge on any atom is -0.354 e. The Kier molecular flexibility index (Phi) is 7.35. The van der Waals surface area contributed by atoms with Crippen molar-refractivity contribution in [3.8, 4) is 0 Å². The maximum atomic E-state index is 14.3. The zero-order valence-electron chi connectivity index (χ0n) is 17.9. The van der Waals surface area contributed by atoms with Crippen molar-refractivity contribution in [3.63, 3.8) is 0 Å². The summed E-state index contributed by atoms with van der Waals surface area (Å²) in [7, 11) is 1.45. The van der Waals surface area contributed by atoms with Gasteiger partial charge in [-0.05, 0) is 12.1 Å². The summed E-state index contributed by atoms with van der Waals surface area (Å²) in [4.78, 5) is 27.7. The first-order valence-corrected chi connectivity index (χ1v) is 9.93. The van der Waals surface area contributed by atoms with Crippen molar-refractivity contribution in [2.45, 2.75) is 45.1 Å². The average Bonchev–Trinajstić information content (AvgIpc) is 3.45. The van der Waals surface area contributed by atoms with Crippen LogP contribution in [0.2, 0.25) is 0 Å². The van der Waals surface area contributed by atoms with Gasteiger partial charge in [-0.3, -0.25) is 19.3 Å². The first-order chi connectivity index (χ1) is 15.7. The van der Waals surface area contributed by atoms with E-state index in [9.17, 15) is 22.8 Å². The first kappa shape index (κ1) is 23.8. The number of alkyl halides is 3. The van der Waals surface area contributed by atoms with Gasteiger partial charge in [0.2, 0.25) is 0 Å². The molecule has 11 nitrogen and oxygen atoms in total. The van der Waals surface area contributed by atoms with Crippen molar-refractivity contribution < 1.29 is 22.8 Å². The molecule has 0 aliphatic rings. The molecule has 0 radical (unpaired) electrons. The zero-order valence-corrected chi connectivity index (χ0v) is 17.9. The van der Waals surface area contributed by atoms with E-state index in [1.165, 1.54) is 47.1 Å². The van der Waals surface area contributed by atoms with Gasteiger partial charge in [-0.2, -0.15) is 0 Å². The molecule has 3 rings (SSSR count). The molecule has 0 aliphatic heterocycles. The molecule has 3 aromatic heterocycles. The predicted molar refractivity (Wildman–Crippen MR) is 108 cm³/mol. The molecular formula is C19H22F3N9O2. The molecular weight excluding hydrogens is 443 g/mol. The van der Waals surface area contributed by atoms with E-state index in [4.69, 9.17) is 0 Å². The van der Waals surface area contributed by atoms with Crippen molar-refractivity contribution in [1.29, 1.82) is 0 Å². The monoisotopic (exact) mass is 465 g/mol. The lowest BCUT2D eigenvalue weighted by molar-refractivity contribution is 0.0173. The summed E-state index contributed by atoms with van der Waals surface area (Å²) in [6, 6.07) is 2.42. The van der Waals surface area contributed by atoms with Crippen molar-refractivity contribution in [2.24, 2.45) is 0 Å². The Balaban J connectivity index is 1.47. The van der Waals surface area contributed by atoms with E-state index in [2.05, 4.69) is 36.2 Å². The molecule has 3 heterocycles. The second-order valence-electron chi connectivity index (χ2n) is 7.26. The highest BCUT2D eigenvalue weighted by atomic mass is 19.3. The van der Waals surface area contributed by atoms with Crippen molar-refractivity contribution in [2.75, 3.05) is 7.05 Å². The van der Waals surface area contributed by atoms with Gasteiger partial charge in [0.15, 0.2) is 11.4 Å². The van der Waals surface area contributed by atoms with E-state index in [0.717, 1.165) is 6.92 Å². The second kappa shape index (κ2) is 10.2. The topological polar surface area (TPSA) is 133 Å². The largest absolute Gasteiger partial charge is 0.354 e. The van der Waals surface area contributed by atoms with Crippen LogP contribution in [-0.2, 0) is 25.6 Å². The molecule has 2 N–H and O–H groups in total. The second-order valence-corrected chi connectivity index (χ2v) is 7.26. The number of halogens is 3. The highest BCUT2D eigenvalue weighted by Crippen LogP contribution is 2.26. The number of pyridine rings is 1. The Morgan fingerprint density at radius 1 is 1.12 bits per heavy atom. The van der Waals surface area contributed by atoms with Crippen LogP contribution in [0.1, 0.15) is 45.6 Å². The summed E-state index contributed by atoms with van der Waals surface area (Å²) in [6.07, 6.45) is 2.69. The number of aryl methyl sites for hydroxylation is 1. The molecule has 2 amide bonds. The van der Waals surface area contributed by atoms with Crippen LogP contribution in [0.3, 0.4) is 0 Å². The summed E-state index contributed by atoms with van der Waals surface area (Å²) in [6.45, 7) is 0.750. The van der Waals surface area contributed by atoms with E-state index in [0.29, 0.717) is 0 Å². The maximum absolute atomic E-state index is 14.3. The SMILES string of the molecule is CNC(=O)c1cn(CC(F)CCn2cc(C(=O)NCc3cc(C(C)(F)F)ccn3)nn2)nn1. The van der Waals surface area contributed by atoms with Gasteiger partial charge in [0.1, 0.15) is 6.17 Å². The van der Waals surface area contributed by atoms with Crippen LogP contribution in [0.25, 0.3) is 0 Å². The van der Waals surface area contributed by atoms with E-state index < -0.39 is 23.9 Å². The normalized spacial score (nSPS) is 12.4. The zero-order chi connectivity index (χ0) is 24.0. The Morgan fingerprint density at radius 2 is 1.79 bits per heavy atom. The van der Waals surface area contributed by atoms with Gasteiger partial charge < -0.3 is 10.6 Å². The number of rotatable bonds is 10. The van der Waals surface area contributed by atoms with Crippen LogP contribution in [0.15, 0.2) is 30.7 Å². The first-order valence-electron chi connectivity index (χ1n) is 9.93. The van der Waals surface area contributed by atoms with E-state index in [1.807, 2.05) is 0 Å². The number of carbonyl (C=O) groups excluding carboxylic acids is 2. The highest BCUT2D eigenvalue weighted by Gasteiger charge is 2.24. The van der Waals surface area contributed by atoms with Gasteiger partial charge in [0.05, 0.1) is 31.2 Å². The van der Waals surface area contributed by atoms with Crippen molar-refractivity contribution in [3.05, 3.63) is 53.4 Å². The van der Waals surface area contributed by atoms with E-state index >= 15 is 0 Å². The van der Waals surface area contributed by atoms with Gasteiger partial charge in [-0.15, -0.1) is 10.2 Å². The maximum Gasteiger partial charge on any atom is 0.273 e. The fraction of sp³-hybridized carbons (Fsp3) is 0.421. The third kappa shape index (κ3) is 6.57. The number of nitrogens with one attached hydrogen (secondary N) is 2. The lowest BCUT2D eigenvalue weighted by Crippen LogP contribution is -2.24. The van der Waals surface area contributed by atoms with Crippen LogP contribution >= 0.6 is 0 Å². The molecule has 176 valence electrons. The van der Waals surface area contributed by atoms with Crippen LogP contribution in [0.4, 0.5) is 13.2 Å². The summed E-state index contributed by atoms with van der Waals surface area (Å²) in [5.74, 6) is -4.01. The Morgan fingerprint density at radius 3 is 2.48 bits per heavy atom. The van der Waals surface area contributed by atoms with E-state index in [-0.39, 0.29) is 48.7 Å². The highest BCUT2D eigenvalue weighted by molar-refractivity contribution is 5.92. The molecule has 0 bridgehead atoms. The lowest BCUT2D eigenvalue weighted by Gasteiger charge is -2.11. The lowest BCUT2D eigenvalue weighted by atomic mass is 10.1. The average molecular weight is 465 g/mol. The van der Waals surface area contributed by atoms with Gasteiger partial charge in [0, 0.05) is 38.7 Å². The van der Waals surface area contributed by atoms with Crippen molar-refractivity contribution in [1.82, 2.24) is 45.6 Å². The summed E-state index contributed by atoms with van der Waals surface area (Å²) >= 11 is 0. The Hall–Kier alpha value is -3.84. The number of amides is 2. The number of aromatic nitrogens is 7. The number of carbonyl (C=O) groups is 2. The van der Waals surface area contributed by atoms with Gasteiger partial charge in [-0.1, -0.05) is 10.4 Å². The quantitative estimate of drug-likeness (QED) is 0.458. The molecule has 3 aromatic rings. The van der Waals surface area contributed by atoms with Crippen LogP contribution in [0.5, 0.6) is 0 Å². The van der Waals surface area contributed by atoms with Gasteiger partial charge in [0.25, 0.3) is 17.7 Å². The minimum absolute atomic E-state index is 0.00567. The molecule has 0 aliphatic carbocycles. The minimum atomic E-state index is -3.01. The van der Waals surface area contributed by atoms with Crippen molar-refractivity contribution >= 4 is 11.8 Å². The third-order valence-electron chi connectivity index (χ3n) is 4.58. The fourth-order valence-electron chi connectivity index (χ4n) is 2.81. The summed E-state index contributed by atoms with van der Waals surface area (Å²) in [5, 5.41) is 19.8. The van der Waals surface area contributed by atoms with E-state index in [1.54, 1.807) is 0 Å². The molecule has 0 spiro atoms. The molecule has 1 unspecified atom stereocenters. The fourth-order valence-corrected chi connectivity index (χ4v) is 2.81. The molecule has 0 saturated heterocycles. The molecule has 0 fully saturated rings. The predicted octanol–water partition coefficient (Wildman–Crippen LogP) is 1.09. The molecule has 0 saturated carbocycles. The Bertz CT molecular complexity index is 1110. The van der Waals surface area contributed by atoms with Crippen LogP contribution in [0, 0.1) is 0 Å². The Labute approximate surface area is 186 Å². The van der Waals surface area contributed by atoms with Gasteiger partial charge in [-0.25, -0.2) is 17.9 Å². The smallest absolute Gasteiger partial charge is 0.273 e. The number of hydrogen-bond acceptors (Lipinski definition) is 7. The number of hydrogen-bond donors (Lipinski definition) is 2. The van der Waals surface area contributed by atoms with Crippen LogP contribution < -0.4 is 10.6 Å². The van der Waals surface area contributed by atoms with Gasteiger partial charge >= 0.3 is 0 Å². The summed E-state index contributed by atoms with van der Waals surface area (Å²) in [5.41, 5.74) is 0.141. The standard InChI is InChI=1S/C19H22F3N9O2/c1-19(21,22)12-3-5-24-14(7-12)8-25-18(33)16-10-30(28-27-16)6-4-13(20)9-31-11-15(26-29-31)17(32)23-2/h3,5,7,10-11,13H,4,6,8-9H2,1-2H3,(H,23,32)(H,25,33). The molecule has 14 heteroatoms. The summed E-state index contributed by atoms with van der Waals surface area (Å²) < 4.78 is 43.6. The molecule has 0 aromatic carbocycles. The number of nitrogens with zero attached hydrogens (tertiary/aromatic N) is 7. The third-order valence-corrected chi connectivity index (χ3v) is 4.58. The van der Waals surface area contributed by atoms with Crippen LogP contribution in [-0.4, -0.2) is 60.0 Å². The molecule has 1 atom stereocenters.